The van der Waals surface area contributed by atoms with E-state index in [1.165, 1.54) is 24.4 Å². The minimum absolute atomic E-state index is 0.177. The number of rotatable bonds is 5. The van der Waals surface area contributed by atoms with Crippen molar-refractivity contribution in [1.29, 1.82) is 0 Å². The fourth-order valence-electron chi connectivity index (χ4n) is 1.68. The lowest BCUT2D eigenvalue weighted by Crippen LogP contribution is -2.27. The van der Waals surface area contributed by atoms with Crippen LogP contribution in [-0.4, -0.2) is 27.0 Å². The lowest BCUT2D eigenvalue weighted by atomic mass is 10.2. The third-order valence-corrected chi connectivity index (χ3v) is 5.25. The molecule has 0 saturated carbocycles. The Kier molecular flexibility index (Phi) is 4.14. The highest BCUT2D eigenvalue weighted by atomic mass is 32.2. The zero-order valence-corrected chi connectivity index (χ0v) is 12.6. The fourth-order valence-corrected chi connectivity index (χ4v) is 3.60. The highest BCUT2D eigenvalue weighted by Crippen LogP contribution is 2.18. The summed E-state index contributed by atoms with van der Waals surface area (Å²) in [6.45, 7) is 1.64. The summed E-state index contributed by atoms with van der Waals surface area (Å²) in [6, 6.07) is 4.33. The monoisotopic (exact) mass is 330 g/mol. The summed E-state index contributed by atoms with van der Waals surface area (Å²) in [5, 5.41) is 11.3. The molecule has 0 amide bonds. The van der Waals surface area contributed by atoms with Crippen LogP contribution in [0.4, 0.5) is 0 Å². The molecule has 10 heteroatoms. The number of primary sulfonamides is 1. The van der Waals surface area contributed by atoms with Gasteiger partial charge < -0.3 is 0 Å². The van der Waals surface area contributed by atoms with Gasteiger partial charge in [0.2, 0.25) is 20.0 Å². The summed E-state index contributed by atoms with van der Waals surface area (Å²) in [5.74, 6) is 0. The van der Waals surface area contributed by atoms with Crippen LogP contribution in [0.15, 0.2) is 46.5 Å². The Hall–Kier alpha value is -1.75. The van der Waals surface area contributed by atoms with Crippen molar-refractivity contribution in [3.8, 4) is 0 Å². The summed E-state index contributed by atoms with van der Waals surface area (Å²) in [6.07, 6.45) is 3.06. The summed E-state index contributed by atoms with van der Waals surface area (Å²) in [5.41, 5.74) is 0.654. The molecule has 0 bridgehead atoms. The first-order valence-corrected chi connectivity index (χ1v) is 8.87. The van der Waals surface area contributed by atoms with E-state index in [4.69, 9.17) is 5.14 Å². The molecule has 1 atom stereocenters. The van der Waals surface area contributed by atoms with Crippen LogP contribution in [0.3, 0.4) is 0 Å². The highest BCUT2D eigenvalue weighted by molar-refractivity contribution is 7.90. The number of nitrogens with one attached hydrogen (secondary N) is 2. The lowest BCUT2D eigenvalue weighted by molar-refractivity contribution is 0.566. The molecular formula is C11H14N4O4S2. The smallest absolute Gasteiger partial charge is 0.241 e. The van der Waals surface area contributed by atoms with Crippen LogP contribution in [0.25, 0.3) is 0 Å². The molecule has 2 aromatic rings. The van der Waals surface area contributed by atoms with Crippen LogP contribution >= 0.6 is 0 Å². The summed E-state index contributed by atoms with van der Waals surface area (Å²) in [7, 11) is -7.84. The van der Waals surface area contributed by atoms with Crippen molar-refractivity contribution in [2.75, 3.05) is 0 Å². The van der Waals surface area contributed by atoms with Gasteiger partial charge in [-0.3, -0.25) is 5.10 Å². The van der Waals surface area contributed by atoms with Gasteiger partial charge >= 0.3 is 0 Å². The molecule has 2 rings (SSSR count). The third kappa shape index (κ3) is 3.67. The molecule has 1 aromatic carbocycles. The fraction of sp³-hybridized carbons (Fsp3) is 0.182. The van der Waals surface area contributed by atoms with Crippen LogP contribution in [-0.2, 0) is 20.0 Å². The van der Waals surface area contributed by atoms with Crippen LogP contribution in [0.5, 0.6) is 0 Å². The molecule has 0 aliphatic heterocycles. The molecule has 0 spiro atoms. The Morgan fingerprint density at radius 2 is 1.90 bits per heavy atom. The molecule has 0 saturated heterocycles. The van der Waals surface area contributed by atoms with E-state index in [-0.39, 0.29) is 9.79 Å². The maximum Gasteiger partial charge on any atom is 0.241 e. The predicted molar refractivity (Wildman–Crippen MR) is 75.1 cm³/mol. The first kappa shape index (κ1) is 15.6. The van der Waals surface area contributed by atoms with Crippen molar-refractivity contribution in [2.45, 2.75) is 22.8 Å². The standard InChI is InChI=1S/C11H14N4O4S2/c1-8(9-6-13-14-7-9)15-21(18,19)11-4-2-3-10(5-11)20(12,16)17/h2-8,15H,1H3,(H,13,14)(H2,12,16,17). The third-order valence-electron chi connectivity index (χ3n) is 2.80. The van der Waals surface area contributed by atoms with Crippen LogP contribution < -0.4 is 9.86 Å². The van der Waals surface area contributed by atoms with Crippen molar-refractivity contribution < 1.29 is 16.8 Å². The first-order chi connectivity index (χ1) is 9.70. The van der Waals surface area contributed by atoms with Crippen LogP contribution in [0, 0.1) is 0 Å². The summed E-state index contributed by atoms with van der Waals surface area (Å²) in [4.78, 5) is -0.439. The van der Waals surface area contributed by atoms with E-state index in [2.05, 4.69) is 14.9 Å². The lowest BCUT2D eigenvalue weighted by Gasteiger charge is -2.13. The number of hydrogen-bond acceptors (Lipinski definition) is 5. The van der Waals surface area contributed by atoms with Gasteiger partial charge in [-0.1, -0.05) is 6.07 Å². The van der Waals surface area contributed by atoms with E-state index in [1.807, 2.05) is 0 Å². The maximum atomic E-state index is 12.2. The summed E-state index contributed by atoms with van der Waals surface area (Å²) < 4.78 is 49.5. The van der Waals surface area contributed by atoms with Gasteiger partial charge in [0.25, 0.3) is 0 Å². The second-order valence-electron chi connectivity index (χ2n) is 4.39. The van der Waals surface area contributed by atoms with Crippen molar-refractivity contribution in [2.24, 2.45) is 5.14 Å². The second-order valence-corrected chi connectivity index (χ2v) is 7.67. The molecule has 0 radical (unpaired) electrons. The van der Waals surface area contributed by atoms with Gasteiger partial charge in [-0.25, -0.2) is 26.7 Å². The summed E-state index contributed by atoms with van der Waals surface area (Å²) >= 11 is 0. The van der Waals surface area contributed by atoms with Crippen molar-refractivity contribution in [1.82, 2.24) is 14.9 Å². The van der Waals surface area contributed by atoms with E-state index in [9.17, 15) is 16.8 Å². The topological polar surface area (TPSA) is 135 Å². The molecule has 0 aliphatic rings. The number of aromatic amines is 1. The molecule has 0 aliphatic carbocycles. The first-order valence-electron chi connectivity index (χ1n) is 5.84. The van der Waals surface area contributed by atoms with Crippen LogP contribution in [0.2, 0.25) is 0 Å². The van der Waals surface area contributed by atoms with Crippen molar-refractivity contribution in [3.05, 3.63) is 42.2 Å². The Bertz CT molecular complexity index is 829. The molecule has 114 valence electrons. The van der Waals surface area contributed by atoms with Crippen LogP contribution in [0.1, 0.15) is 18.5 Å². The number of hydrogen-bond donors (Lipinski definition) is 3. The highest BCUT2D eigenvalue weighted by Gasteiger charge is 2.20. The van der Waals surface area contributed by atoms with Gasteiger partial charge in [-0.15, -0.1) is 0 Å². The largest absolute Gasteiger partial charge is 0.285 e. The second kappa shape index (κ2) is 5.56. The minimum atomic E-state index is -3.96. The number of H-pyrrole nitrogens is 1. The van der Waals surface area contributed by atoms with Gasteiger partial charge in [0.05, 0.1) is 16.0 Å². The Morgan fingerprint density at radius 3 is 2.48 bits per heavy atom. The SMILES string of the molecule is CC(NS(=O)(=O)c1cccc(S(N)(=O)=O)c1)c1cn[nH]c1. The van der Waals surface area contributed by atoms with Crippen molar-refractivity contribution >= 4 is 20.0 Å². The quantitative estimate of drug-likeness (QED) is 0.714. The van der Waals surface area contributed by atoms with Crippen molar-refractivity contribution in [3.63, 3.8) is 0 Å². The zero-order chi connectivity index (χ0) is 15.7. The molecule has 0 fully saturated rings. The minimum Gasteiger partial charge on any atom is -0.285 e. The van der Waals surface area contributed by atoms with E-state index in [1.54, 1.807) is 13.1 Å². The van der Waals surface area contributed by atoms with Gasteiger partial charge in [0.1, 0.15) is 0 Å². The number of nitrogens with two attached hydrogens (primary N) is 1. The van der Waals surface area contributed by atoms with Gasteiger partial charge in [0, 0.05) is 17.8 Å². The van der Waals surface area contributed by atoms with E-state index < -0.39 is 26.1 Å². The molecule has 8 nitrogen and oxygen atoms in total. The average Bonchev–Trinajstić information content (AvgIpc) is 2.91. The number of benzene rings is 1. The maximum absolute atomic E-state index is 12.2. The Labute approximate surface area is 122 Å². The molecule has 4 N–H and O–H groups in total. The molecule has 1 unspecified atom stereocenters. The van der Waals surface area contributed by atoms with E-state index in [0.29, 0.717) is 5.56 Å². The van der Waals surface area contributed by atoms with E-state index >= 15 is 0 Å². The molecular weight excluding hydrogens is 316 g/mol. The number of aromatic nitrogens is 2. The average molecular weight is 330 g/mol. The number of sulfonamides is 2. The Morgan fingerprint density at radius 1 is 1.24 bits per heavy atom. The number of nitrogens with zero attached hydrogens (tertiary/aromatic N) is 1. The molecule has 1 heterocycles. The molecule has 1 aromatic heterocycles. The molecule has 21 heavy (non-hydrogen) atoms. The van der Waals surface area contributed by atoms with E-state index in [0.717, 1.165) is 6.07 Å². The predicted octanol–water partition coefficient (Wildman–Crippen LogP) is 0.0966. The van der Waals surface area contributed by atoms with Gasteiger partial charge in [-0.05, 0) is 25.1 Å². The normalized spacial score (nSPS) is 14.0. The Balaban J connectivity index is 2.32. The van der Waals surface area contributed by atoms with Gasteiger partial charge in [-0.2, -0.15) is 5.10 Å². The van der Waals surface area contributed by atoms with Gasteiger partial charge in [0.15, 0.2) is 0 Å². The zero-order valence-electron chi connectivity index (χ0n) is 11.0.